The van der Waals surface area contributed by atoms with E-state index in [1.165, 1.54) is 16.2 Å². The van der Waals surface area contributed by atoms with E-state index >= 15 is 0 Å². The van der Waals surface area contributed by atoms with E-state index in [1.807, 2.05) is 30.3 Å². The summed E-state index contributed by atoms with van der Waals surface area (Å²) in [6.45, 7) is 2.14. The van der Waals surface area contributed by atoms with Crippen molar-refractivity contribution < 1.29 is 19.1 Å². The Morgan fingerprint density at radius 2 is 1.75 bits per heavy atom. The Hall–Kier alpha value is -2.71. The van der Waals surface area contributed by atoms with Crippen LogP contribution in [0.2, 0.25) is 0 Å². The molecule has 1 N–H and O–H groups in total. The van der Waals surface area contributed by atoms with Gasteiger partial charge in [-0.3, -0.25) is 14.5 Å². The van der Waals surface area contributed by atoms with Gasteiger partial charge in [0.1, 0.15) is 4.88 Å². The van der Waals surface area contributed by atoms with Crippen molar-refractivity contribution in [1.29, 1.82) is 0 Å². The molecule has 0 saturated carbocycles. The lowest BCUT2D eigenvalue weighted by Crippen LogP contribution is -2.38. The van der Waals surface area contributed by atoms with Crippen LogP contribution in [0, 0.1) is 0 Å². The Bertz CT molecular complexity index is 833. The minimum atomic E-state index is -0.471. The maximum absolute atomic E-state index is 12.4. The van der Waals surface area contributed by atoms with E-state index in [0.29, 0.717) is 10.6 Å². The van der Waals surface area contributed by atoms with Crippen LogP contribution < -0.4 is 5.32 Å². The smallest absolute Gasteiger partial charge is 0.350 e. The molecule has 0 aliphatic rings. The minimum absolute atomic E-state index is 0.0262. The fourth-order valence-corrected chi connectivity index (χ4v) is 3.45. The molecule has 0 spiro atoms. The van der Waals surface area contributed by atoms with Gasteiger partial charge in [0, 0.05) is 19.0 Å². The largest absolute Gasteiger partial charge is 0.462 e. The highest BCUT2D eigenvalue weighted by Gasteiger charge is 2.21. The summed E-state index contributed by atoms with van der Waals surface area (Å²) in [5, 5.41) is 2.78. The summed E-state index contributed by atoms with van der Waals surface area (Å²) in [7, 11) is 5.02. The third kappa shape index (κ3) is 5.90. The predicted octanol–water partition coefficient (Wildman–Crippen LogP) is 2.55. The molecule has 150 valence electrons. The van der Waals surface area contributed by atoms with Crippen LogP contribution in [0.5, 0.6) is 0 Å². The highest BCUT2D eigenvalue weighted by atomic mass is 32.1. The Morgan fingerprint density at radius 1 is 1.07 bits per heavy atom. The van der Waals surface area contributed by atoms with Gasteiger partial charge in [0.2, 0.25) is 11.8 Å². The number of ether oxygens (including phenoxy) is 1. The fraction of sp³-hybridized carbons (Fsp3) is 0.350. The Labute approximate surface area is 168 Å². The number of rotatable bonds is 8. The van der Waals surface area contributed by atoms with Crippen molar-refractivity contribution in [2.45, 2.75) is 6.92 Å². The van der Waals surface area contributed by atoms with Crippen molar-refractivity contribution in [3.8, 4) is 10.4 Å². The van der Waals surface area contributed by atoms with Crippen LogP contribution in [0.25, 0.3) is 10.4 Å². The van der Waals surface area contributed by atoms with E-state index in [-0.39, 0.29) is 31.5 Å². The first-order valence-electron chi connectivity index (χ1n) is 8.86. The highest BCUT2D eigenvalue weighted by Crippen LogP contribution is 2.35. The molecular formula is C20H25N3O4S. The Kier molecular flexibility index (Phi) is 7.71. The zero-order chi connectivity index (χ0) is 20.7. The van der Waals surface area contributed by atoms with Crippen LogP contribution in [0.3, 0.4) is 0 Å². The lowest BCUT2D eigenvalue weighted by atomic mass is 10.2. The molecule has 8 heteroatoms. The van der Waals surface area contributed by atoms with Gasteiger partial charge < -0.3 is 15.0 Å². The molecule has 0 fully saturated rings. The molecule has 28 heavy (non-hydrogen) atoms. The Balaban J connectivity index is 2.16. The average Bonchev–Trinajstić information content (AvgIpc) is 3.06. The molecule has 0 aliphatic carbocycles. The number of nitrogens with zero attached hydrogens (tertiary/aromatic N) is 2. The maximum Gasteiger partial charge on any atom is 0.350 e. The number of hydrogen-bond donors (Lipinski definition) is 1. The molecule has 2 rings (SSSR count). The third-order valence-electron chi connectivity index (χ3n) is 3.84. The van der Waals surface area contributed by atoms with Crippen LogP contribution in [0.15, 0.2) is 36.4 Å². The quantitative estimate of drug-likeness (QED) is 0.686. The van der Waals surface area contributed by atoms with E-state index < -0.39 is 5.97 Å². The Morgan fingerprint density at radius 3 is 2.36 bits per heavy atom. The maximum atomic E-state index is 12.4. The number of carbonyl (C=O) groups is 3. The second kappa shape index (κ2) is 10.0. The van der Waals surface area contributed by atoms with E-state index in [1.54, 1.807) is 39.0 Å². The van der Waals surface area contributed by atoms with E-state index in [4.69, 9.17) is 4.74 Å². The summed E-state index contributed by atoms with van der Waals surface area (Å²) in [4.78, 5) is 40.8. The highest BCUT2D eigenvalue weighted by molar-refractivity contribution is 7.18. The number of likely N-dealkylation sites (N-methyl/N-ethyl adjacent to an activating group) is 2. The molecular weight excluding hydrogens is 378 g/mol. The van der Waals surface area contributed by atoms with E-state index in [0.717, 1.165) is 10.4 Å². The van der Waals surface area contributed by atoms with Crippen LogP contribution in [-0.2, 0) is 14.3 Å². The molecule has 2 amide bonds. The molecule has 2 aromatic rings. The number of anilines is 1. The van der Waals surface area contributed by atoms with Crippen molar-refractivity contribution >= 4 is 34.8 Å². The molecule has 0 radical (unpaired) electrons. The summed E-state index contributed by atoms with van der Waals surface area (Å²) in [6.07, 6.45) is 0. The monoisotopic (exact) mass is 403 g/mol. The van der Waals surface area contributed by atoms with Gasteiger partial charge in [-0.15, -0.1) is 11.3 Å². The zero-order valence-electron chi connectivity index (χ0n) is 16.5. The summed E-state index contributed by atoms with van der Waals surface area (Å²) in [6, 6.07) is 11.4. The molecule has 1 heterocycles. The lowest BCUT2D eigenvalue weighted by molar-refractivity contribution is -0.130. The van der Waals surface area contributed by atoms with Gasteiger partial charge in [0.05, 0.1) is 25.4 Å². The first-order valence-corrected chi connectivity index (χ1v) is 9.68. The van der Waals surface area contributed by atoms with Crippen molar-refractivity contribution in [2.75, 3.05) is 46.2 Å². The fourth-order valence-electron chi connectivity index (χ4n) is 2.44. The summed E-state index contributed by atoms with van der Waals surface area (Å²) >= 11 is 1.27. The van der Waals surface area contributed by atoms with Crippen molar-refractivity contribution in [1.82, 2.24) is 9.80 Å². The number of amides is 2. The standard InChI is InChI=1S/C20H25N3O4S/c1-5-27-20(26)19-15(11-16(28-19)14-9-7-6-8-10-14)21-17(24)12-23(4)13-18(25)22(2)3/h6-11H,5,12-13H2,1-4H3,(H,21,24). The van der Waals surface area contributed by atoms with Gasteiger partial charge in [-0.25, -0.2) is 4.79 Å². The molecule has 0 bridgehead atoms. The molecule has 0 aliphatic heterocycles. The van der Waals surface area contributed by atoms with Crippen LogP contribution >= 0.6 is 11.3 Å². The summed E-state index contributed by atoms with van der Waals surface area (Å²) < 4.78 is 5.12. The number of benzene rings is 1. The number of thiophene rings is 1. The van der Waals surface area contributed by atoms with Crippen LogP contribution in [-0.4, -0.2) is 68.4 Å². The molecule has 1 aromatic carbocycles. The topological polar surface area (TPSA) is 79.0 Å². The van der Waals surface area contributed by atoms with Crippen molar-refractivity contribution in [2.24, 2.45) is 0 Å². The predicted molar refractivity (Wildman–Crippen MR) is 111 cm³/mol. The normalized spacial score (nSPS) is 10.6. The number of esters is 1. The molecule has 0 saturated heterocycles. The van der Waals surface area contributed by atoms with Gasteiger partial charge in [0.25, 0.3) is 0 Å². The van der Waals surface area contributed by atoms with Crippen molar-refractivity contribution in [3.63, 3.8) is 0 Å². The molecule has 1 aromatic heterocycles. The van der Waals surface area contributed by atoms with Crippen LogP contribution in [0.1, 0.15) is 16.6 Å². The van der Waals surface area contributed by atoms with E-state index in [9.17, 15) is 14.4 Å². The summed E-state index contributed by atoms with van der Waals surface area (Å²) in [5.41, 5.74) is 1.37. The van der Waals surface area contributed by atoms with Gasteiger partial charge in [-0.1, -0.05) is 30.3 Å². The van der Waals surface area contributed by atoms with Crippen LogP contribution in [0.4, 0.5) is 5.69 Å². The number of nitrogens with one attached hydrogen (secondary N) is 1. The molecule has 0 atom stereocenters. The molecule has 7 nitrogen and oxygen atoms in total. The average molecular weight is 404 g/mol. The second-order valence-corrected chi connectivity index (χ2v) is 7.50. The number of carbonyl (C=O) groups excluding carboxylic acids is 3. The van der Waals surface area contributed by atoms with E-state index in [2.05, 4.69) is 5.32 Å². The minimum Gasteiger partial charge on any atom is -0.462 e. The van der Waals surface area contributed by atoms with Gasteiger partial charge in [0.15, 0.2) is 0 Å². The van der Waals surface area contributed by atoms with Gasteiger partial charge in [-0.2, -0.15) is 0 Å². The van der Waals surface area contributed by atoms with Gasteiger partial charge in [-0.05, 0) is 25.6 Å². The van der Waals surface area contributed by atoms with Crippen molar-refractivity contribution in [3.05, 3.63) is 41.3 Å². The summed E-state index contributed by atoms with van der Waals surface area (Å²) in [5.74, 6) is -0.873. The first-order chi connectivity index (χ1) is 13.3. The third-order valence-corrected chi connectivity index (χ3v) is 5.01. The zero-order valence-corrected chi connectivity index (χ0v) is 17.3. The number of hydrogen-bond acceptors (Lipinski definition) is 6. The second-order valence-electron chi connectivity index (χ2n) is 6.45. The molecule has 0 unspecified atom stereocenters. The first kappa shape index (κ1) is 21.6. The van der Waals surface area contributed by atoms with Gasteiger partial charge >= 0.3 is 5.97 Å². The lowest BCUT2D eigenvalue weighted by Gasteiger charge is -2.18. The SMILES string of the molecule is CCOC(=O)c1sc(-c2ccccc2)cc1NC(=O)CN(C)CC(=O)N(C)C.